The van der Waals surface area contributed by atoms with Crippen molar-refractivity contribution in [3.63, 3.8) is 0 Å². The fourth-order valence-electron chi connectivity index (χ4n) is 1.37. The second-order valence-electron chi connectivity index (χ2n) is 3.14. The molecule has 0 atom stereocenters. The summed E-state index contributed by atoms with van der Waals surface area (Å²) in [5.41, 5.74) is 3.26. The summed E-state index contributed by atoms with van der Waals surface area (Å²) in [6.07, 6.45) is 1.48. The summed E-state index contributed by atoms with van der Waals surface area (Å²) in [4.78, 5) is 4.06. The summed E-state index contributed by atoms with van der Waals surface area (Å²) in [7, 11) is 0. The maximum atomic E-state index is 5.29. The summed E-state index contributed by atoms with van der Waals surface area (Å²) >= 11 is 0. The standard InChI is InChI=1S/C11H11NO/c1-8-4-3-5-10(6-8)11-9(2)12-7-13-11/h3-7H,1-2H3. The van der Waals surface area contributed by atoms with Crippen molar-refractivity contribution in [2.24, 2.45) is 0 Å². The lowest BCUT2D eigenvalue weighted by molar-refractivity contribution is 0.571. The van der Waals surface area contributed by atoms with E-state index in [0.717, 1.165) is 17.0 Å². The first kappa shape index (κ1) is 8.05. The van der Waals surface area contributed by atoms with Crippen LogP contribution in [-0.2, 0) is 0 Å². The van der Waals surface area contributed by atoms with E-state index in [0.29, 0.717) is 0 Å². The molecule has 0 spiro atoms. The van der Waals surface area contributed by atoms with Crippen LogP contribution in [0.5, 0.6) is 0 Å². The molecule has 0 aliphatic rings. The fraction of sp³-hybridized carbons (Fsp3) is 0.182. The van der Waals surface area contributed by atoms with E-state index in [4.69, 9.17) is 4.42 Å². The van der Waals surface area contributed by atoms with Crippen molar-refractivity contribution in [3.05, 3.63) is 41.9 Å². The van der Waals surface area contributed by atoms with Gasteiger partial charge in [-0.25, -0.2) is 4.98 Å². The van der Waals surface area contributed by atoms with Gasteiger partial charge in [-0.05, 0) is 19.9 Å². The molecule has 2 nitrogen and oxygen atoms in total. The molecule has 0 amide bonds. The molecule has 2 heteroatoms. The second kappa shape index (κ2) is 3.05. The van der Waals surface area contributed by atoms with Crippen LogP contribution in [0.25, 0.3) is 11.3 Å². The molecule has 0 saturated carbocycles. The van der Waals surface area contributed by atoms with E-state index in [1.807, 2.05) is 19.1 Å². The van der Waals surface area contributed by atoms with Crippen LogP contribution in [0.3, 0.4) is 0 Å². The van der Waals surface area contributed by atoms with Gasteiger partial charge in [0.2, 0.25) is 0 Å². The van der Waals surface area contributed by atoms with Crippen LogP contribution in [0, 0.1) is 13.8 Å². The third-order valence-corrected chi connectivity index (χ3v) is 2.03. The molecule has 0 N–H and O–H groups in total. The van der Waals surface area contributed by atoms with Crippen LogP contribution >= 0.6 is 0 Å². The monoisotopic (exact) mass is 173 g/mol. The van der Waals surface area contributed by atoms with Gasteiger partial charge in [-0.15, -0.1) is 0 Å². The molecule has 0 saturated heterocycles. The first-order valence-corrected chi connectivity index (χ1v) is 4.24. The maximum Gasteiger partial charge on any atom is 0.181 e. The topological polar surface area (TPSA) is 26.0 Å². The minimum Gasteiger partial charge on any atom is -0.443 e. The zero-order chi connectivity index (χ0) is 9.26. The van der Waals surface area contributed by atoms with Crippen molar-refractivity contribution in [1.29, 1.82) is 0 Å². The van der Waals surface area contributed by atoms with Gasteiger partial charge in [0.1, 0.15) is 0 Å². The molecule has 0 aliphatic heterocycles. The van der Waals surface area contributed by atoms with Crippen molar-refractivity contribution >= 4 is 0 Å². The molecule has 0 unspecified atom stereocenters. The van der Waals surface area contributed by atoms with Gasteiger partial charge in [0.05, 0.1) is 5.69 Å². The maximum absolute atomic E-state index is 5.29. The molecule has 1 aromatic heterocycles. The number of benzene rings is 1. The average Bonchev–Trinajstić information content (AvgIpc) is 2.51. The number of aromatic nitrogens is 1. The molecule has 2 rings (SSSR count). The molecular formula is C11H11NO. The summed E-state index contributed by atoms with van der Waals surface area (Å²) in [5, 5.41) is 0. The van der Waals surface area contributed by atoms with E-state index < -0.39 is 0 Å². The molecule has 13 heavy (non-hydrogen) atoms. The minimum atomic E-state index is 0.865. The molecule has 1 aromatic carbocycles. The molecule has 0 fully saturated rings. The highest BCUT2D eigenvalue weighted by molar-refractivity contribution is 5.60. The average molecular weight is 173 g/mol. The predicted octanol–water partition coefficient (Wildman–Crippen LogP) is 2.96. The Hall–Kier alpha value is -1.57. The Kier molecular flexibility index (Phi) is 1.89. The summed E-state index contributed by atoms with van der Waals surface area (Å²) in [6, 6.07) is 8.20. The number of oxazole rings is 1. The first-order chi connectivity index (χ1) is 6.27. The highest BCUT2D eigenvalue weighted by Gasteiger charge is 2.05. The van der Waals surface area contributed by atoms with Crippen LogP contribution in [0.15, 0.2) is 35.1 Å². The van der Waals surface area contributed by atoms with E-state index in [1.54, 1.807) is 0 Å². The van der Waals surface area contributed by atoms with Crippen LogP contribution in [0.2, 0.25) is 0 Å². The molecule has 2 aromatic rings. The van der Waals surface area contributed by atoms with E-state index in [2.05, 4.69) is 24.0 Å². The van der Waals surface area contributed by atoms with E-state index in [1.165, 1.54) is 12.0 Å². The SMILES string of the molecule is Cc1cccc(-c2ocnc2C)c1. The number of nitrogens with zero attached hydrogens (tertiary/aromatic N) is 1. The van der Waals surface area contributed by atoms with Crippen molar-refractivity contribution in [3.8, 4) is 11.3 Å². The number of hydrogen-bond donors (Lipinski definition) is 0. The summed E-state index contributed by atoms with van der Waals surface area (Å²) in [6.45, 7) is 4.01. The first-order valence-electron chi connectivity index (χ1n) is 4.24. The van der Waals surface area contributed by atoms with Crippen molar-refractivity contribution in [2.75, 3.05) is 0 Å². The Morgan fingerprint density at radius 1 is 1.23 bits per heavy atom. The van der Waals surface area contributed by atoms with Crippen molar-refractivity contribution in [1.82, 2.24) is 4.98 Å². The smallest absolute Gasteiger partial charge is 0.181 e. The molecule has 0 bridgehead atoms. The number of hydrogen-bond acceptors (Lipinski definition) is 2. The third kappa shape index (κ3) is 1.47. The Labute approximate surface area is 77.2 Å². The Morgan fingerprint density at radius 2 is 2.08 bits per heavy atom. The Bertz CT molecular complexity index is 418. The third-order valence-electron chi connectivity index (χ3n) is 2.03. The lowest BCUT2D eigenvalue weighted by Crippen LogP contribution is -1.79. The van der Waals surface area contributed by atoms with Crippen LogP contribution in [0.1, 0.15) is 11.3 Å². The Morgan fingerprint density at radius 3 is 2.69 bits per heavy atom. The van der Waals surface area contributed by atoms with Crippen LogP contribution in [-0.4, -0.2) is 4.98 Å². The van der Waals surface area contributed by atoms with Gasteiger partial charge >= 0.3 is 0 Å². The van der Waals surface area contributed by atoms with Gasteiger partial charge in [-0.2, -0.15) is 0 Å². The van der Waals surface area contributed by atoms with Gasteiger partial charge in [0, 0.05) is 5.56 Å². The zero-order valence-electron chi connectivity index (χ0n) is 7.74. The van der Waals surface area contributed by atoms with Gasteiger partial charge in [0.15, 0.2) is 12.2 Å². The van der Waals surface area contributed by atoms with Crippen molar-refractivity contribution < 1.29 is 4.42 Å². The molecular weight excluding hydrogens is 162 g/mol. The lowest BCUT2D eigenvalue weighted by atomic mass is 10.1. The number of aryl methyl sites for hydroxylation is 2. The summed E-state index contributed by atoms with van der Waals surface area (Å²) < 4.78 is 5.29. The molecule has 1 heterocycles. The van der Waals surface area contributed by atoms with Crippen LogP contribution < -0.4 is 0 Å². The molecule has 0 aliphatic carbocycles. The Balaban J connectivity index is 2.53. The summed E-state index contributed by atoms with van der Waals surface area (Å²) in [5.74, 6) is 0.865. The second-order valence-corrected chi connectivity index (χ2v) is 3.14. The van der Waals surface area contributed by atoms with E-state index in [-0.39, 0.29) is 0 Å². The predicted molar refractivity (Wildman–Crippen MR) is 51.4 cm³/mol. The van der Waals surface area contributed by atoms with E-state index >= 15 is 0 Å². The van der Waals surface area contributed by atoms with Crippen LogP contribution in [0.4, 0.5) is 0 Å². The lowest BCUT2D eigenvalue weighted by Gasteiger charge is -1.98. The molecule has 66 valence electrons. The molecule has 0 radical (unpaired) electrons. The largest absolute Gasteiger partial charge is 0.443 e. The highest BCUT2D eigenvalue weighted by Crippen LogP contribution is 2.22. The normalized spacial score (nSPS) is 10.3. The highest BCUT2D eigenvalue weighted by atomic mass is 16.3. The van der Waals surface area contributed by atoms with Gasteiger partial charge in [-0.1, -0.05) is 23.8 Å². The van der Waals surface area contributed by atoms with E-state index in [9.17, 15) is 0 Å². The number of rotatable bonds is 1. The fourth-order valence-corrected chi connectivity index (χ4v) is 1.37. The minimum absolute atomic E-state index is 0.865. The zero-order valence-corrected chi connectivity index (χ0v) is 7.74. The quantitative estimate of drug-likeness (QED) is 0.662. The van der Waals surface area contributed by atoms with Gasteiger partial charge in [-0.3, -0.25) is 0 Å². The van der Waals surface area contributed by atoms with Crippen molar-refractivity contribution in [2.45, 2.75) is 13.8 Å². The van der Waals surface area contributed by atoms with Gasteiger partial charge in [0.25, 0.3) is 0 Å². The van der Waals surface area contributed by atoms with Gasteiger partial charge < -0.3 is 4.42 Å².